The van der Waals surface area contributed by atoms with E-state index in [0.29, 0.717) is 0 Å². The minimum Gasteiger partial charge on any atom is -0.481 e. The summed E-state index contributed by atoms with van der Waals surface area (Å²) >= 11 is 0. The Hall–Kier alpha value is -1.36. The van der Waals surface area contributed by atoms with Crippen LogP contribution in [-0.4, -0.2) is 33.9 Å². The highest BCUT2D eigenvalue weighted by atomic mass is 16.4. The molecular weight excluding hydrogens is 176 g/mol. The van der Waals surface area contributed by atoms with Crippen LogP contribution in [0.15, 0.2) is 12.2 Å². The monoisotopic (exact) mass is 192 g/mol. The Bertz CT molecular complexity index is 146. The average Bonchev–Trinajstić information content (AvgIpc) is 1.87. The third kappa shape index (κ3) is 114. The van der Waals surface area contributed by atoms with Gasteiger partial charge in [0, 0.05) is 19.1 Å². The number of aliphatic carboxylic acids is 2. The molecule has 0 unspecified atom stereocenters. The molecule has 3 N–H and O–H groups in total. The fraction of sp³-hybridized carbons (Fsp3) is 0.500. The Kier molecular flexibility index (Phi) is 18.0. The van der Waals surface area contributed by atoms with Crippen molar-refractivity contribution in [1.82, 2.24) is 0 Å². The van der Waals surface area contributed by atoms with Gasteiger partial charge in [0.25, 0.3) is 5.97 Å². The molecule has 0 aliphatic carbocycles. The van der Waals surface area contributed by atoms with E-state index in [9.17, 15) is 4.79 Å². The van der Waals surface area contributed by atoms with Crippen molar-refractivity contribution in [1.29, 1.82) is 0 Å². The first-order valence-corrected chi connectivity index (χ1v) is 3.48. The SMILES string of the molecule is C=C(C)C(=O)O.CC(=O)O.CCO. The molecule has 0 saturated carbocycles. The van der Waals surface area contributed by atoms with Crippen molar-refractivity contribution in [3.05, 3.63) is 12.2 Å². The van der Waals surface area contributed by atoms with Gasteiger partial charge in [-0.25, -0.2) is 4.79 Å². The molecule has 0 saturated heterocycles. The summed E-state index contributed by atoms with van der Waals surface area (Å²) in [6.45, 7) is 7.62. The van der Waals surface area contributed by atoms with Gasteiger partial charge < -0.3 is 15.3 Å². The van der Waals surface area contributed by atoms with Crippen LogP contribution in [-0.2, 0) is 9.59 Å². The smallest absolute Gasteiger partial charge is 0.330 e. The molecule has 0 spiro atoms. The van der Waals surface area contributed by atoms with Gasteiger partial charge in [-0.15, -0.1) is 0 Å². The van der Waals surface area contributed by atoms with Crippen molar-refractivity contribution in [2.24, 2.45) is 0 Å². The first-order chi connectivity index (χ1) is 5.79. The van der Waals surface area contributed by atoms with Gasteiger partial charge in [0.2, 0.25) is 0 Å². The molecule has 0 fully saturated rings. The molecule has 5 nitrogen and oxygen atoms in total. The second-order valence-electron chi connectivity index (χ2n) is 1.92. The van der Waals surface area contributed by atoms with Crippen LogP contribution in [0.3, 0.4) is 0 Å². The molecule has 0 atom stereocenters. The van der Waals surface area contributed by atoms with E-state index in [1.54, 1.807) is 6.92 Å². The fourth-order valence-electron chi connectivity index (χ4n) is 0. The summed E-state index contributed by atoms with van der Waals surface area (Å²) in [5.74, 6) is -1.77. The molecule has 78 valence electrons. The van der Waals surface area contributed by atoms with Gasteiger partial charge in [0.1, 0.15) is 0 Å². The third-order valence-corrected chi connectivity index (χ3v) is 0.365. The van der Waals surface area contributed by atoms with Crippen LogP contribution in [0.5, 0.6) is 0 Å². The van der Waals surface area contributed by atoms with E-state index >= 15 is 0 Å². The second kappa shape index (κ2) is 13.2. The summed E-state index contributed by atoms with van der Waals surface area (Å²) in [4.78, 5) is 18.6. The van der Waals surface area contributed by atoms with E-state index in [2.05, 4.69) is 6.58 Å². The van der Waals surface area contributed by atoms with E-state index in [4.69, 9.17) is 20.1 Å². The van der Waals surface area contributed by atoms with Crippen LogP contribution in [0, 0.1) is 0 Å². The fourth-order valence-corrected chi connectivity index (χ4v) is 0. The molecule has 0 aliphatic rings. The quantitative estimate of drug-likeness (QED) is 0.532. The molecule has 0 amide bonds. The van der Waals surface area contributed by atoms with E-state index < -0.39 is 11.9 Å². The zero-order valence-corrected chi connectivity index (χ0v) is 8.07. The predicted molar refractivity (Wildman–Crippen MR) is 48.5 cm³/mol. The standard InChI is InChI=1S/C4H6O2.C2H4O2.C2H6O/c1-3(2)4(5)6;1-2(3)4;1-2-3/h1H2,2H3,(H,5,6);1H3,(H,3,4);3H,2H2,1H3. The van der Waals surface area contributed by atoms with Crippen LogP contribution in [0.1, 0.15) is 20.8 Å². The number of hydrogen-bond donors (Lipinski definition) is 3. The highest BCUT2D eigenvalue weighted by molar-refractivity contribution is 5.84. The number of carbonyl (C=O) groups is 2. The van der Waals surface area contributed by atoms with Crippen molar-refractivity contribution in [3.8, 4) is 0 Å². The molecular formula is C8H16O5. The van der Waals surface area contributed by atoms with Crippen LogP contribution in [0.25, 0.3) is 0 Å². The molecule has 0 aromatic heterocycles. The van der Waals surface area contributed by atoms with E-state index in [0.717, 1.165) is 6.92 Å². The maximum Gasteiger partial charge on any atom is 0.330 e. The van der Waals surface area contributed by atoms with Crippen molar-refractivity contribution >= 4 is 11.9 Å². The zero-order chi connectivity index (χ0) is 11.4. The molecule has 0 heterocycles. The van der Waals surface area contributed by atoms with Crippen LogP contribution < -0.4 is 0 Å². The number of aliphatic hydroxyl groups is 1. The molecule has 13 heavy (non-hydrogen) atoms. The average molecular weight is 192 g/mol. The minimum absolute atomic E-state index is 0.176. The third-order valence-electron chi connectivity index (χ3n) is 0.365. The van der Waals surface area contributed by atoms with Crippen molar-refractivity contribution in [3.63, 3.8) is 0 Å². The Labute approximate surface area is 77.3 Å². The first-order valence-electron chi connectivity index (χ1n) is 3.48. The van der Waals surface area contributed by atoms with Gasteiger partial charge >= 0.3 is 5.97 Å². The van der Waals surface area contributed by atoms with E-state index in [-0.39, 0.29) is 12.2 Å². The lowest BCUT2D eigenvalue weighted by atomic mass is 10.4. The maximum absolute atomic E-state index is 9.60. The highest BCUT2D eigenvalue weighted by Gasteiger charge is 1.90. The number of rotatable bonds is 1. The molecule has 5 heteroatoms. The highest BCUT2D eigenvalue weighted by Crippen LogP contribution is 1.81. The topological polar surface area (TPSA) is 94.8 Å². The number of hydrogen-bond acceptors (Lipinski definition) is 3. The van der Waals surface area contributed by atoms with Gasteiger partial charge in [-0.1, -0.05) is 6.58 Å². The normalized spacial score (nSPS) is 6.77. The lowest BCUT2D eigenvalue weighted by molar-refractivity contribution is -0.134. The number of aliphatic hydroxyl groups excluding tert-OH is 1. The molecule has 0 aromatic rings. The Balaban J connectivity index is -0.000000125. The number of carboxylic acid groups (broad SMARTS) is 2. The summed E-state index contributed by atoms with van der Waals surface area (Å²) in [7, 11) is 0. The van der Waals surface area contributed by atoms with Crippen LogP contribution >= 0.6 is 0 Å². The largest absolute Gasteiger partial charge is 0.481 e. The Morgan fingerprint density at radius 3 is 1.31 bits per heavy atom. The van der Waals surface area contributed by atoms with E-state index in [1.165, 1.54) is 6.92 Å². The zero-order valence-electron chi connectivity index (χ0n) is 8.07. The van der Waals surface area contributed by atoms with Gasteiger partial charge in [0.05, 0.1) is 0 Å². The Morgan fingerprint density at radius 2 is 1.31 bits per heavy atom. The molecule has 0 aliphatic heterocycles. The van der Waals surface area contributed by atoms with Crippen molar-refractivity contribution in [2.45, 2.75) is 20.8 Å². The first kappa shape index (κ1) is 17.7. The maximum atomic E-state index is 9.60. The number of carboxylic acids is 2. The molecule has 0 aromatic carbocycles. The lowest BCUT2D eigenvalue weighted by Crippen LogP contribution is -1.92. The molecule has 0 radical (unpaired) electrons. The minimum atomic E-state index is -0.935. The van der Waals surface area contributed by atoms with Crippen LogP contribution in [0.2, 0.25) is 0 Å². The summed E-state index contributed by atoms with van der Waals surface area (Å²) in [6, 6.07) is 0. The van der Waals surface area contributed by atoms with Gasteiger partial charge in [-0.2, -0.15) is 0 Å². The van der Waals surface area contributed by atoms with Crippen molar-refractivity contribution in [2.75, 3.05) is 6.61 Å². The van der Waals surface area contributed by atoms with Gasteiger partial charge in [-0.3, -0.25) is 4.79 Å². The second-order valence-corrected chi connectivity index (χ2v) is 1.92. The van der Waals surface area contributed by atoms with Crippen LogP contribution in [0.4, 0.5) is 0 Å². The van der Waals surface area contributed by atoms with Gasteiger partial charge in [-0.05, 0) is 13.8 Å². The molecule has 0 rings (SSSR count). The summed E-state index contributed by atoms with van der Waals surface area (Å²) in [5, 5.41) is 22.9. The summed E-state index contributed by atoms with van der Waals surface area (Å²) in [5.41, 5.74) is 0.176. The Morgan fingerprint density at radius 1 is 1.23 bits per heavy atom. The summed E-state index contributed by atoms with van der Waals surface area (Å²) < 4.78 is 0. The van der Waals surface area contributed by atoms with E-state index in [1.807, 2.05) is 0 Å². The van der Waals surface area contributed by atoms with Gasteiger partial charge in [0.15, 0.2) is 0 Å². The molecule has 0 bridgehead atoms. The lowest BCUT2D eigenvalue weighted by Gasteiger charge is -1.79. The van der Waals surface area contributed by atoms with Crippen molar-refractivity contribution < 1.29 is 24.9 Å². The predicted octanol–water partition coefficient (Wildman–Crippen LogP) is 0.737. The summed E-state index contributed by atoms with van der Waals surface area (Å²) in [6.07, 6.45) is 0.